The number of hydrogen-bond acceptors (Lipinski definition) is 4. The van der Waals surface area contributed by atoms with Crippen molar-refractivity contribution in [1.29, 1.82) is 0 Å². The maximum absolute atomic E-state index is 13.7. The van der Waals surface area contributed by atoms with Gasteiger partial charge in [-0.2, -0.15) is 5.10 Å². The molecule has 1 aliphatic rings. The minimum absolute atomic E-state index is 0.0628. The molecule has 0 spiro atoms. The number of carbonyl (C=O) groups is 1. The molecule has 4 rings (SSSR count). The van der Waals surface area contributed by atoms with E-state index in [1.54, 1.807) is 30.6 Å². The highest BCUT2D eigenvalue weighted by Gasteiger charge is 2.27. The molecule has 0 bridgehead atoms. The van der Waals surface area contributed by atoms with Crippen LogP contribution in [-0.2, 0) is 11.2 Å². The molecule has 0 aliphatic carbocycles. The molecule has 1 saturated heterocycles. The number of H-pyrrole nitrogens is 1. The van der Waals surface area contributed by atoms with Crippen LogP contribution in [-0.4, -0.2) is 44.1 Å². The van der Waals surface area contributed by atoms with Gasteiger partial charge in [-0.1, -0.05) is 18.2 Å². The maximum atomic E-state index is 13.7. The number of fused-ring (bicyclic) bond motifs is 1. The van der Waals surface area contributed by atoms with Gasteiger partial charge in [-0.05, 0) is 30.9 Å². The number of halogens is 1. The molecule has 2 aromatic heterocycles. The Morgan fingerprint density at radius 2 is 2.12 bits per heavy atom. The molecule has 134 valence electrons. The zero-order chi connectivity index (χ0) is 17.9. The Kier molecular flexibility index (Phi) is 4.60. The van der Waals surface area contributed by atoms with E-state index in [9.17, 15) is 9.18 Å². The van der Waals surface area contributed by atoms with Crippen LogP contribution in [0.2, 0.25) is 0 Å². The van der Waals surface area contributed by atoms with E-state index in [1.807, 2.05) is 4.90 Å². The third-order valence-electron chi connectivity index (χ3n) is 4.96. The zero-order valence-electron chi connectivity index (χ0n) is 14.4. The Morgan fingerprint density at radius 1 is 1.27 bits per heavy atom. The normalized spacial score (nSPS) is 17.6. The largest absolute Gasteiger partial charge is 0.342 e. The maximum Gasteiger partial charge on any atom is 0.222 e. The van der Waals surface area contributed by atoms with Gasteiger partial charge in [0.05, 0.1) is 5.69 Å². The van der Waals surface area contributed by atoms with Crippen molar-refractivity contribution in [1.82, 2.24) is 25.1 Å². The lowest BCUT2D eigenvalue weighted by Crippen LogP contribution is -2.39. The number of aryl methyl sites for hydroxylation is 1. The Bertz CT molecular complexity index is 925. The van der Waals surface area contributed by atoms with Crippen LogP contribution in [0.3, 0.4) is 0 Å². The molecule has 3 aromatic rings. The van der Waals surface area contributed by atoms with Gasteiger partial charge in [0.1, 0.15) is 11.3 Å². The summed E-state index contributed by atoms with van der Waals surface area (Å²) in [6.07, 6.45) is 5.91. The SMILES string of the molecule is O=C(CCc1ccccc1F)N1CCC[C@H](c2[nH]nc3nccnc23)C1. The summed E-state index contributed by atoms with van der Waals surface area (Å²) < 4.78 is 13.7. The molecule has 3 heterocycles. The fourth-order valence-corrected chi connectivity index (χ4v) is 3.59. The third-order valence-corrected chi connectivity index (χ3v) is 4.96. The van der Waals surface area contributed by atoms with Crippen LogP contribution in [0.1, 0.15) is 36.4 Å². The number of rotatable bonds is 4. The highest BCUT2D eigenvalue weighted by atomic mass is 19.1. The summed E-state index contributed by atoms with van der Waals surface area (Å²) in [5.74, 6) is -0.0185. The van der Waals surface area contributed by atoms with Gasteiger partial charge in [0.25, 0.3) is 0 Å². The second-order valence-corrected chi connectivity index (χ2v) is 6.64. The van der Waals surface area contributed by atoms with Crippen molar-refractivity contribution in [2.45, 2.75) is 31.6 Å². The van der Waals surface area contributed by atoms with Gasteiger partial charge in [-0.15, -0.1) is 0 Å². The Balaban J connectivity index is 1.43. The number of aromatic amines is 1. The summed E-state index contributed by atoms with van der Waals surface area (Å²) >= 11 is 0. The highest BCUT2D eigenvalue weighted by molar-refractivity contribution is 5.77. The number of nitrogens with zero attached hydrogens (tertiary/aromatic N) is 4. The second-order valence-electron chi connectivity index (χ2n) is 6.64. The third kappa shape index (κ3) is 3.29. The van der Waals surface area contributed by atoms with Crippen molar-refractivity contribution in [2.24, 2.45) is 0 Å². The first-order valence-electron chi connectivity index (χ1n) is 8.88. The van der Waals surface area contributed by atoms with Gasteiger partial charge in [0, 0.05) is 37.8 Å². The van der Waals surface area contributed by atoms with Crippen LogP contribution in [0.5, 0.6) is 0 Å². The molecule has 0 unspecified atom stereocenters. The number of benzene rings is 1. The van der Waals surface area contributed by atoms with E-state index in [4.69, 9.17) is 0 Å². The molecule has 1 atom stereocenters. The van der Waals surface area contributed by atoms with Crippen molar-refractivity contribution < 1.29 is 9.18 Å². The van der Waals surface area contributed by atoms with Gasteiger partial charge in [0.2, 0.25) is 5.91 Å². The van der Waals surface area contributed by atoms with Crippen molar-refractivity contribution in [3.63, 3.8) is 0 Å². The summed E-state index contributed by atoms with van der Waals surface area (Å²) in [5.41, 5.74) is 2.91. The lowest BCUT2D eigenvalue weighted by molar-refractivity contribution is -0.132. The van der Waals surface area contributed by atoms with Crippen LogP contribution >= 0.6 is 0 Å². The number of amides is 1. The quantitative estimate of drug-likeness (QED) is 0.783. The minimum atomic E-state index is -0.251. The molecular weight excluding hydrogens is 333 g/mol. The number of likely N-dealkylation sites (tertiary alicyclic amines) is 1. The van der Waals surface area contributed by atoms with Crippen molar-refractivity contribution >= 4 is 17.1 Å². The van der Waals surface area contributed by atoms with Crippen LogP contribution < -0.4 is 0 Å². The van der Waals surface area contributed by atoms with E-state index in [0.717, 1.165) is 30.6 Å². The van der Waals surface area contributed by atoms with Crippen LogP contribution in [0.25, 0.3) is 11.2 Å². The molecule has 0 saturated carbocycles. The summed E-state index contributed by atoms with van der Waals surface area (Å²) in [7, 11) is 0. The molecule has 0 radical (unpaired) electrons. The average molecular weight is 353 g/mol. The van der Waals surface area contributed by atoms with E-state index in [1.165, 1.54) is 6.07 Å². The molecule has 1 N–H and O–H groups in total. The lowest BCUT2D eigenvalue weighted by atomic mass is 9.94. The summed E-state index contributed by atoms with van der Waals surface area (Å²) in [6, 6.07) is 6.62. The lowest BCUT2D eigenvalue weighted by Gasteiger charge is -2.32. The van der Waals surface area contributed by atoms with Gasteiger partial charge >= 0.3 is 0 Å². The predicted molar refractivity (Wildman–Crippen MR) is 95.0 cm³/mol. The monoisotopic (exact) mass is 353 g/mol. The van der Waals surface area contributed by atoms with Crippen molar-refractivity contribution in [3.05, 3.63) is 53.7 Å². The number of hydrogen-bond donors (Lipinski definition) is 1. The molecule has 1 aromatic carbocycles. The first-order valence-corrected chi connectivity index (χ1v) is 8.88. The molecule has 6 nitrogen and oxygen atoms in total. The molecule has 1 amide bonds. The van der Waals surface area contributed by atoms with E-state index >= 15 is 0 Å². The Hall–Kier alpha value is -2.83. The van der Waals surface area contributed by atoms with E-state index in [-0.39, 0.29) is 17.6 Å². The number of piperidine rings is 1. The topological polar surface area (TPSA) is 74.8 Å². The first-order chi connectivity index (χ1) is 12.7. The fraction of sp³-hybridized carbons (Fsp3) is 0.368. The zero-order valence-corrected chi connectivity index (χ0v) is 14.4. The van der Waals surface area contributed by atoms with Crippen LogP contribution in [0.4, 0.5) is 4.39 Å². The van der Waals surface area contributed by atoms with Crippen LogP contribution in [0, 0.1) is 5.82 Å². The fourth-order valence-electron chi connectivity index (χ4n) is 3.59. The second kappa shape index (κ2) is 7.19. The van der Waals surface area contributed by atoms with Gasteiger partial charge in [-0.3, -0.25) is 9.89 Å². The minimum Gasteiger partial charge on any atom is -0.342 e. The molecule has 1 fully saturated rings. The summed E-state index contributed by atoms with van der Waals surface area (Å²) in [5, 5.41) is 7.25. The van der Waals surface area contributed by atoms with E-state index in [2.05, 4.69) is 20.2 Å². The Labute approximate surface area is 150 Å². The molecule has 26 heavy (non-hydrogen) atoms. The smallest absolute Gasteiger partial charge is 0.222 e. The van der Waals surface area contributed by atoms with E-state index in [0.29, 0.717) is 30.6 Å². The molecular formula is C19H20FN5O. The van der Waals surface area contributed by atoms with Gasteiger partial charge in [-0.25, -0.2) is 14.4 Å². The summed E-state index contributed by atoms with van der Waals surface area (Å²) in [4.78, 5) is 23.1. The standard InChI is InChI=1S/C19H20FN5O/c20-15-6-2-1-4-13(15)7-8-16(26)25-11-3-5-14(12-25)17-18-19(24-23-17)22-10-9-21-18/h1-2,4,6,9-10,14H,3,5,7-8,11-12H2,(H,22,23,24)/t14-/m0/s1. The highest BCUT2D eigenvalue weighted by Crippen LogP contribution is 2.29. The first kappa shape index (κ1) is 16.6. The predicted octanol–water partition coefficient (Wildman–Crippen LogP) is 2.83. The van der Waals surface area contributed by atoms with Crippen molar-refractivity contribution in [2.75, 3.05) is 13.1 Å². The van der Waals surface area contributed by atoms with Gasteiger partial charge in [0.15, 0.2) is 5.65 Å². The molecule has 1 aliphatic heterocycles. The van der Waals surface area contributed by atoms with E-state index < -0.39 is 0 Å². The molecule has 7 heteroatoms. The summed E-state index contributed by atoms with van der Waals surface area (Å²) in [6.45, 7) is 1.37. The number of aromatic nitrogens is 4. The van der Waals surface area contributed by atoms with Crippen molar-refractivity contribution in [3.8, 4) is 0 Å². The Morgan fingerprint density at radius 3 is 3.00 bits per heavy atom. The average Bonchev–Trinajstić information content (AvgIpc) is 3.11. The van der Waals surface area contributed by atoms with Crippen LogP contribution in [0.15, 0.2) is 36.7 Å². The number of nitrogens with one attached hydrogen (secondary N) is 1. The number of carbonyl (C=O) groups excluding carboxylic acids is 1. The van der Waals surface area contributed by atoms with Gasteiger partial charge < -0.3 is 4.90 Å².